The van der Waals surface area contributed by atoms with Crippen LogP contribution < -0.4 is 0 Å². The second-order valence-electron chi connectivity index (χ2n) is 3.33. The minimum absolute atomic E-state index is 0.0129. The predicted octanol–water partition coefficient (Wildman–Crippen LogP) is 3.30. The number of halogens is 2. The molecule has 0 spiro atoms. The van der Waals surface area contributed by atoms with Crippen LogP contribution in [0.15, 0.2) is 27.1 Å². The molecular formula is C11H10Br2O2. The predicted molar refractivity (Wildman–Crippen MR) is 65.9 cm³/mol. The number of Topliss-reactive ketones (excluding diaryl/α,β-unsaturated/α-hetero) is 2. The molecule has 0 N–H and O–H groups in total. The zero-order valence-corrected chi connectivity index (χ0v) is 11.4. The SMILES string of the molecule is CC(=O)CC(=O)Cc1cc(Br)ccc1Br. The van der Waals surface area contributed by atoms with Crippen LogP contribution in [-0.4, -0.2) is 11.6 Å². The Morgan fingerprint density at radius 1 is 1.27 bits per heavy atom. The van der Waals surface area contributed by atoms with Crippen molar-refractivity contribution in [3.8, 4) is 0 Å². The molecular weight excluding hydrogens is 324 g/mol. The highest BCUT2D eigenvalue weighted by Gasteiger charge is 2.09. The molecule has 1 rings (SSSR count). The third-order valence-corrected chi connectivity index (χ3v) is 3.11. The first kappa shape index (κ1) is 12.6. The lowest BCUT2D eigenvalue weighted by molar-refractivity contribution is -0.125. The van der Waals surface area contributed by atoms with Crippen molar-refractivity contribution >= 4 is 43.4 Å². The van der Waals surface area contributed by atoms with Crippen molar-refractivity contribution in [2.45, 2.75) is 19.8 Å². The number of hydrogen-bond acceptors (Lipinski definition) is 2. The van der Waals surface area contributed by atoms with Crippen LogP contribution in [0.3, 0.4) is 0 Å². The normalized spacial score (nSPS) is 10.1. The quantitative estimate of drug-likeness (QED) is 0.792. The fourth-order valence-electron chi connectivity index (χ4n) is 1.23. The van der Waals surface area contributed by atoms with Crippen molar-refractivity contribution in [2.75, 3.05) is 0 Å². The zero-order valence-electron chi connectivity index (χ0n) is 8.22. The van der Waals surface area contributed by atoms with Gasteiger partial charge < -0.3 is 0 Å². The van der Waals surface area contributed by atoms with Crippen LogP contribution in [0.1, 0.15) is 18.9 Å². The van der Waals surface area contributed by atoms with E-state index >= 15 is 0 Å². The van der Waals surface area contributed by atoms with Gasteiger partial charge in [-0.1, -0.05) is 31.9 Å². The Hall–Kier alpha value is -0.480. The molecule has 0 aliphatic rings. The first-order chi connectivity index (χ1) is 6.99. The van der Waals surface area contributed by atoms with E-state index in [1.54, 1.807) is 0 Å². The summed E-state index contributed by atoms with van der Waals surface area (Å²) in [7, 11) is 0. The van der Waals surface area contributed by atoms with E-state index in [1.165, 1.54) is 6.92 Å². The van der Waals surface area contributed by atoms with Gasteiger partial charge in [-0.25, -0.2) is 0 Å². The van der Waals surface area contributed by atoms with Crippen molar-refractivity contribution in [1.29, 1.82) is 0 Å². The van der Waals surface area contributed by atoms with Crippen molar-refractivity contribution in [1.82, 2.24) is 0 Å². The first-order valence-corrected chi connectivity index (χ1v) is 6.02. The minimum Gasteiger partial charge on any atom is -0.300 e. The number of carbonyl (C=O) groups excluding carboxylic acids is 2. The lowest BCUT2D eigenvalue weighted by Crippen LogP contribution is -2.07. The summed E-state index contributed by atoms with van der Waals surface area (Å²) in [5.74, 6) is -0.146. The Morgan fingerprint density at radius 3 is 2.53 bits per heavy atom. The molecule has 1 aromatic carbocycles. The van der Waals surface area contributed by atoms with Gasteiger partial charge in [0, 0.05) is 15.4 Å². The molecule has 0 aliphatic heterocycles. The van der Waals surface area contributed by atoms with Crippen LogP contribution in [0.2, 0.25) is 0 Å². The lowest BCUT2D eigenvalue weighted by atomic mass is 10.1. The Bertz CT molecular complexity index is 400. The van der Waals surface area contributed by atoms with E-state index < -0.39 is 0 Å². The van der Waals surface area contributed by atoms with Crippen LogP contribution in [0.4, 0.5) is 0 Å². The molecule has 0 aliphatic carbocycles. The highest BCUT2D eigenvalue weighted by atomic mass is 79.9. The summed E-state index contributed by atoms with van der Waals surface area (Å²) in [6.45, 7) is 1.42. The monoisotopic (exact) mass is 332 g/mol. The zero-order chi connectivity index (χ0) is 11.4. The van der Waals surface area contributed by atoms with E-state index in [9.17, 15) is 9.59 Å². The van der Waals surface area contributed by atoms with E-state index in [2.05, 4.69) is 31.9 Å². The Morgan fingerprint density at radius 2 is 1.93 bits per heavy atom. The molecule has 1 aromatic rings. The van der Waals surface area contributed by atoms with E-state index in [0.717, 1.165) is 14.5 Å². The summed E-state index contributed by atoms with van der Waals surface area (Å²) in [5, 5.41) is 0. The van der Waals surface area contributed by atoms with Gasteiger partial charge in [-0.05, 0) is 30.7 Å². The second-order valence-corrected chi connectivity index (χ2v) is 5.10. The Balaban J connectivity index is 2.76. The van der Waals surface area contributed by atoms with Crippen molar-refractivity contribution in [2.24, 2.45) is 0 Å². The first-order valence-electron chi connectivity index (χ1n) is 4.44. The molecule has 0 saturated heterocycles. The molecule has 80 valence electrons. The van der Waals surface area contributed by atoms with E-state index in [-0.39, 0.29) is 18.0 Å². The van der Waals surface area contributed by atoms with Crippen LogP contribution in [0.5, 0.6) is 0 Å². The maximum Gasteiger partial charge on any atom is 0.144 e. The second kappa shape index (κ2) is 5.56. The van der Waals surface area contributed by atoms with E-state index in [1.807, 2.05) is 18.2 Å². The molecule has 0 unspecified atom stereocenters. The largest absolute Gasteiger partial charge is 0.300 e. The van der Waals surface area contributed by atoms with Gasteiger partial charge >= 0.3 is 0 Å². The highest BCUT2D eigenvalue weighted by Crippen LogP contribution is 2.22. The molecule has 0 amide bonds. The van der Waals surface area contributed by atoms with Gasteiger partial charge in [0.15, 0.2) is 0 Å². The third-order valence-electron chi connectivity index (χ3n) is 1.84. The molecule has 15 heavy (non-hydrogen) atoms. The highest BCUT2D eigenvalue weighted by molar-refractivity contribution is 9.11. The molecule has 0 heterocycles. The average Bonchev–Trinajstić information content (AvgIpc) is 2.10. The number of benzene rings is 1. The van der Waals surface area contributed by atoms with Crippen molar-refractivity contribution < 1.29 is 9.59 Å². The smallest absolute Gasteiger partial charge is 0.144 e. The fourth-order valence-corrected chi connectivity index (χ4v) is 2.03. The van der Waals surface area contributed by atoms with Crippen LogP contribution in [0, 0.1) is 0 Å². The molecule has 0 bridgehead atoms. The van der Waals surface area contributed by atoms with Gasteiger partial charge in [0.25, 0.3) is 0 Å². The fraction of sp³-hybridized carbons (Fsp3) is 0.273. The van der Waals surface area contributed by atoms with Crippen molar-refractivity contribution in [3.05, 3.63) is 32.7 Å². The van der Waals surface area contributed by atoms with Gasteiger partial charge in [0.1, 0.15) is 11.6 Å². The lowest BCUT2D eigenvalue weighted by Gasteiger charge is -2.03. The third kappa shape index (κ3) is 4.26. The summed E-state index contributed by atoms with van der Waals surface area (Å²) < 4.78 is 1.82. The number of carbonyl (C=O) groups is 2. The summed E-state index contributed by atoms with van der Waals surface area (Å²) >= 11 is 6.71. The minimum atomic E-state index is -0.0916. The average molecular weight is 334 g/mol. The molecule has 0 saturated carbocycles. The van der Waals surface area contributed by atoms with Crippen LogP contribution in [-0.2, 0) is 16.0 Å². The number of rotatable bonds is 4. The molecule has 0 aromatic heterocycles. The number of ketones is 2. The van der Waals surface area contributed by atoms with Gasteiger partial charge in [-0.2, -0.15) is 0 Å². The van der Waals surface area contributed by atoms with E-state index in [4.69, 9.17) is 0 Å². The van der Waals surface area contributed by atoms with Crippen molar-refractivity contribution in [3.63, 3.8) is 0 Å². The Kier molecular flexibility index (Phi) is 4.67. The number of hydrogen-bond donors (Lipinski definition) is 0. The molecule has 2 nitrogen and oxygen atoms in total. The summed E-state index contributed by atoms with van der Waals surface area (Å²) in [4.78, 5) is 22.2. The van der Waals surface area contributed by atoms with Gasteiger partial charge in [0.2, 0.25) is 0 Å². The topological polar surface area (TPSA) is 34.1 Å². The van der Waals surface area contributed by atoms with Crippen LogP contribution in [0.25, 0.3) is 0 Å². The maximum atomic E-state index is 11.4. The summed E-state index contributed by atoms with van der Waals surface area (Å²) in [5.41, 5.74) is 0.899. The molecule has 0 fully saturated rings. The summed E-state index contributed by atoms with van der Waals surface area (Å²) in [6, 6.07) is 5.64. The standard InChI is InChI=1S/C11H10Br2O2/c1-7(14)4-10(15)6-8-5-9(12)2-3-11(8)13/h2-3,5H,4,6H2,1H3. The van der Waals surface area contributed by atoms with Gasteiger partial charge in [-0.15, -0.1) is 0 Å². The van der Waals surface area contributed by atoms with Gasteiger partial charge in [-0.3, -0.25) is 9.59 Å². The van der Waals surface area contributed by atoms with E-state index in [0.29, 0.717) is 6.42 Å². The molecule has 0 radical (unpaired) electrons. The molecule has 4 heteroatoms. The Labute approximate surface area is 105 Å². The van der Waals surface area contributed by atoms with Gasteiger partial charge in [0.05, 0.1) is 6.42 Å². The maximum absolute atomic E-state index is 11.4. The van der Waals surface area contributed by atoms with Crippen LogP contribution >= 0.6 is 31.9 Å². The summed E-state index contributed by atoms with van der Waals surface area (Å²) in [6.07, 6.45) is 0.304. The molecule has 0 atom stereocenters.